The van der Waals surface area contributed by atoms with Crippen LogP contribution in [0.1, 0.15) is 108 Å². The summed E-state index contributed by atoms with van der Waals surface area (Å²) in [6.45, 7) is 0.144. The van der Waals surface area contributed by atoms with Crippen molar-refractivity contribution in [3.63, 3.8) is 0 Å². The molecule has 0 aliphatic heterocycles. The number of carbonyl (C=O) groups is 2. The van der Waals surface area contributed by atoms with E-state index in [2.05, 4.69) is 25.9 Å². The number of benzene rings is 3. The Morgan fingerprint density at radius 2 is 1.24 bits per heavy atom. The summed E-state index contributed by atoms with van der Waals surface area (Å²) in [7, 11) is 6.05. The van der Waals surface area contributed by atoms with Crippen LogP contribution in [0.3, 0.4) is 0 Å². The van der Waals surface area contributed by atoms with Gasteiger partial charge in [-0.2, -0.15) is 0 Å². The molecule has 0 spiro atoms. The molecule has 10 heteroatoms. The van der Waals surface area contributed by atoms with Crippen LogP contribution in [-0.2, 0) is 14.2 Å². The van der Waals surface area contributed by atoms with Crippen molar-refractivity contribution < 1.29 is 33.3 Å². The van der Waals surface area contributed by atoms with E-state index < -0.39 is 0 Å². The first-order valence-corrected chi connectivity index (χ1v) is 18.6. The number of ether oxygens (including phenoxy) is 5. The predicted molar refractivity (Wildman–Crippen MR) is 203 cm³/mol. The van der Waals surface area contributed by atoms with Gasteiger partial charge in [0.05, 0.1) is 42.8 Å². The second kappa shape index (κ2) is 16.8. The fourth-order valence-corrected chi connectivity index (χ4v) is 8.54. The van der Waals surface area contributed by atoms with E-state index in [1.165, 1.54) is 82.1 Å². The van der Waals surface area contributed by atoms with Gasteiger partial charge in [0.25, 0.3) is 0 Å². The molecule has 2 aliphatic carbocycles. The third-order valence-corrected chi connectivity index (χ3v) is 10.9. The molecule has 270 valence electrons. The highest BCUT2D eigenvalue weighted by molar-refractivity contribution is 9.10. The number of fused-ring (bicyclic) bond motifs is 2. The molecule has 0 saturated heterocycles. The molecule has 5 aromatic rings. The average Bonchev–Trinajstić information content (AvgIpc) is 3.73. The first-order valence-electron chi connectivity index (χ1n) is 17.8. The zero-order chi connectivity index (χ0) is 35.9. The number of halogens is 1. The minimum Gasteiger partial charge on any atom is -0.497 e. The molecule has 0 bridgehead atoms. The smallest absolute Gasteiger partial charge is 0.337 e. The maximum absolute atomic E-state index is 12.1. The lowest BCUT2D eigenvalue weighted by molar-refractivity contribution is 0.0513. The summed E-state index contributed by atoms with van der Waals surface area (Å²) in [5.74, 6) is 1.86. The van der Waals surface area contributed by atoms with Gasteiger partial charge in [-0.05, 0) is 101 Å². The molecule has 2 fully saturated rings. The van der Waals surface area contributed by atoms with Crippen LogP contribution in [0.15, 0.2) is 59.2 Å². The maximum atomic E-state index is 12.1. The second-order valence-corrected chi connectivity index (χ2v) is 14.1. The van der Waals surface area contributed by atoms with E-state index in [4.69, 9.17) is 23.7 Å². The van der Waals surface area contributed by atoms with Crippen molar-refractivity contribution in [3.05, 3.63) is 81.5 Å². The van der Waals surface area contributed by atoms with Crippen molar-refractivity contribution >= 4 is 49.7 Å². The van der Waals surface area contributed by atoms with E-state index in [1.54, 1.807) is 14.2 Å². The van der Waals surface area contributed by atoms with E-state index in [9.17, 15) is 9.59 Å². The van der Waals surface area contributed by atoms with Crippen molar-refractivity contribution in [2.45, 2.75) is 76.0 Å². The van der Waals surface area contributed by atoms with E-state index in [0.29, 0.717) is 28.7 Å². The highest BCUT2D eigenvalue weighted by atomic mass is 79.9. The lowest BCUT2D eigenvalue weighted by Crippen LogP contribution is -2.06. The molecule has 9 nitrogen and oxygen atoms in total. The molecule has 2 aromatic heterocycles. The number of nitrogens with one attached hydrogen (secondary N) is 2. The van der Waals surface area contributed by atoms with Gasteiger partial charge in [-0.25, -0.2) is 9.59 Å². The largest absolute Gasteiger partial charge is 0.497 e. The van der Waals surface area contributed by atoms with Gasteiger partial charge in [0.1, 0.15) is 11.5 Å². The van der Waals surface area contributed by atoms with Crippen molar-refractivity contribution in [1.29, 1.82) is 0 Å². The summed E-state index contributed by atoms with van der Waals surface area (Å²) < 4.78 is 27.2. The normalized spacial score (nSPS) is 15.3. The molecular weight excluding hydrogens is 712 g/mol. The van der Waals surface area contributed by atoms with Gasteiger partial charge < -0.3 is 33.7 Å². The Labute approximate surface area is 307 Å². The lowest BCUT2D eigenvalue weighted by atomic mass is 9.81. The molecule has 2 heterocycles. The van der Waals surface area contributed by atoms with Crippen LogP contribution in [0.5, 0.6) is 11.5 Å². The summed E-state index contributed by atoms with van der Waals surface area (Å²) in [6, 6.07) is 17.3. The number of rotatable bonds is 9. The topological polar surface area (TPSA) is 112 Å². The summed E-state index contributed by atoms with van der Waals surface area (Å²) in [6.07, 6.45) is 12.5. The van der Waals surface area contributed by atoms with Crippen LogP contribution in [0, 0.1) is 0 Å². The van der Waals surface area contributed by atoms with Crippen molar-refractivity contribution in [3.8, 4) is 22.8 Å². The van der Waals surface area contributed by atoms with Crippen molar-refractivity contribution in [2.24, 2.45) is 0 Å². The zero-order valence-corrected chi connectivity index (χ0v) is 31.5. The Hall–Kier alpha value is -4.28. The zero-order valence-electron chi connectivity index (χ0n) is 29.9. The van der Waals surface area contributed by atoms with Crippen LogP contribution < -0.4 is 9.47 Å². The van der Waals surface area contributed by atoms with E-state index >= 15 is 0 Å². The fraction of sp³-hybridized carbons (Fsp3) is 0.415. The summed E-state index contributed by atoms with van der Waals surface area (Å²) in [4.78, 5) is 30.6. The Morgan fingerprint density at radius 3 is 1.78 bits per heavy atom. The van der Waals surface area contributed by atoms with E-state index in [1.807, 2.05) is 54.6 Å². The first-order chi connectivity index (χ1) is 24.9. The van der Waals surface area contributed by atoms with Crippen LogP contribution in [0.25, 0.3) is 33.1 Å². The highest BCUT2D eigenvalue weighted by Gasteiger charge is 2.26. The Bertz CT molecular complexity index is 1990. The number of aromatic amines is 2. The number of hydrogen-bond donors (Lipinski definition) is 2. The third-order valence-electron chi connectivity index (χ3n) is 10.3. The molecule has 0 unspecified atom stereocenters. The average molecular weight is 760 g/mol. The number of aromatic nitrogens is 2. The lowest BCUT2D eigenvalue weighted by Gasteiger charge is -2.23. The molecule has 0 atom stereocenters. The van der Waals surface area contributed by atoms with Gasteiger partial charge in [-0.1, -0.05) is 50.7 Å². The molecular formula is C41H47BrN2O7. The van der Waals surface area contributed by atoms with Gasteiger partial charge in [-0.15, -0.1) is 0 Å². The minimum absolute atomic E-state index is 0.144. The Morgan fingerprint density at radius 1 is 0.686 bits per heavy atom. The van der Waals surface area contributed by atoms with Gasteiger partial charge >= 0.3 is 11.9 Å². The van der Waals surface area contributed by atoms with Crippen LogP contribution in [0.2, 0.25) is 0 Å². The molecule has 0 radical (unpaired) electrons. The van der Waals surface area contributed by atoms with Crippen LogP contribution in [-0.4, -0.2) is 57.1 Å². The Kier molecular flexibility index (Phi) is 12.0. The minimum atomic E-state index is -0.342. The third kappa shape index (κ3) is 7.97. The molecule has 2 saturated carbocycles. The summed E-state index contributed by atoms with van der Waals surface area (Å²) in [5, 5.41) is 2.36. The van der Waals surface area contributed by atoms with E-state index in [0.717, 1.165) is 50.9 Å². The fourth-order valence-electron chi connectivity index (χ4n) is 7.79. The van der Waals surface area contributed by atoms with Gasteiger partial charge in [-0.3, -0.25) is 0 Å². The summed E-state index contributed by atoms with van der Waals surface area (Å²) >= 11 is 3.65. The number of carbonyl (C=O) groups excluding carboxylic acids is 2. The van der Waals surface area contributed by atoms with Crippen LogP contribution in [0.4, 0.5) is 0 Å². The van der Waals surface area contributed by atoms with Gasteiger partial charge in [0, 0.05) is 40.5 Å². The van der Waals surface area contributed by atoms with Gasteiger partial charge in [0.15, 0.2) is 6.79 Å². The standard InChI is InChI=1S/C25H29NO5.C16H18BrNO2/c1-28-15-31-22-14-18(29-2)10-12-20(22)24-23(16-7-5-4-6-8-16)19-11-9-17(25(27)30-3)13-21(19)26-24;1-20-16(19)11-7-8-12-13(9-11)18-15(17)14(12)10-5-3-2-4-6-10/h9-14,16,26H,4-8,15H2,1-3H3;7-10,18H,2-6H2,1H3. The molecule has 0 amide bonds. The second-order valence-electron chi connectivity index (χ2n) is 13.4. The Balaban J connectivity index is 0.000000193. The molecule has 3 aromatic carbocycles. The molecule has 2 N–H and O–H groups in total. The monoisotopic (exact) mass is 758 g/mol. The van der Waals surface area contributed by atoms with Crippen LogP contribution >= 0.6 is 15.9 Å². The first kappa shape index (κ1) is 36.5. The quantitative estimate of drug-likeness (QED) is 0.114. The predicted octanol–water partition coefficient (Wildman–Crippen LogP) is 10.4. The number of H-pyrrole nitrogens is 2. The van der Waals surface area contributed by atoms with Crippen molar-refractivity contribution in [1.82, 2.24) is 9.97 Å². The number of esters is 2. The molecule has 7 rings (SSSR count). The number of hydrogen-bond acceptors (Lipinski definition) is 7. The van der Waals surface area contributed by atoms with Gasteiger partial charge in [0.2, 0.25) is 0 Å². The number of methoxy groups -OCH3 is 4. The SMILES string of the molecule is COC(=O)c1ccc2c(C3CCCCC3)c(Br)[nH]c2c1.COCOc1cc(OC)ccc1-c1[nH]c2cc(C(=O)OC)ccc2c1C1CCCCC1. The maximum Gasteiger partial charge on any atom is 0.337 e. The highest BCUT2D eigenvalue weighted by Crippen LogP contribution is 2.45. The van der Waals surface area contributed by atoms with E-state index in [-0.39, 0.29) is 18.7 Å². The van der Waals surface area contributed by atoms with Crippen molar-refractivity contribution in [2.75, 3.05) is 35.2 Å². The molecule has 2 aliphatic rings. The summed E-state index contributed by atoms with van der Waals surface area (Å²) in [5.41, 5.74) is 7.68. The molecule has 51 heavy (non-hydrogen) atoms.